The van der Waals surface area contributed by atoms with Gasteiger partial charge in [-0.05, 0) is 62.2 Å². The number of fused-ring (bicyclic) bond motifs is 1. The highest BCUT2D eigenvalue weighted by atomic mass is 16.7. The molecule has 0 aromatic heterocycles. The van der Waals surface area contributed by atoms with Crippen molar-refractivity contribution in [3.05, 3.63) is 53.1 Å². The fraction of sp³-hybridized carbons (Fsp3) is 0.435. The lowest BCUT2D eigenvalue weighted by molar-refractivity contribution is -0.917. The second-order valence-electron chi connectivity index (χ2n) is 8.02. The summed E-state index contributed by atoms with van der Waals surface area (Å²) in [6, 6.07) is 12.2. The SMILES string of the molecule is Cc1cc(C)cc(O[C@@H](C)C(=O)N2CC[NH+](Cc3ccc4c(c3)OCO4)CC2)c1. The second kappa shape index (κ2) is 8.33. The highest BCUT2D eigenvalue weighted by Gasteiger charge is 2.28. The van der Waals surface area contributed by atoms with E-state index in [0.29, 0.717) is 6.79 Å². The average molecular weight is 397 g/mol. The number of amides is 1. The molecule has 6 nitrogen and oxygen atoms in total. The smallest absolute Gasteiger partial charge is 0.263 e. The highest BCUT2D eigenvalue weighted by molar-refractivity contribution is 5.81. The maximum Gasteiger partial charge on any atom is 0.263 e. The van der Waals surface area contributed by atoms with Gasteiger partial charge in [0.05, 0.1) is 26.2 Å². The van der Waals surface area contributed by atoms with E-state index in [1.54, 1.807) is 0 Å². The summed E-state index contributed by atoms with van der Waals surface area (Å²) in [4.78, 5) is 16.2. The number of ether oxygens (including phenoxy) is 3. The first-order valence-electron chi connectivity index (χ1n) is 10.2. The molecule has 1 N–H and O–H groups in total. The van der Waals surface area contributed by atoms with Crippen LogP contribution in [-0.2, 0) is 11.3 Å². The van der Waals surface area contributed by atoms with E-state index in [9.17, 15) is 4.79 Å². The Bertz CT molecular complexity index is 870. The minimum atomic E-state index is -0.480. The number of benzene rings is 2. The van der Waals surface area contributed by atoms with Crippen molar-refractivity contribution in [3.8, 4) is 17.2 Å². The van der Waals surface area contributed by atoms with Gasteiger partial charge in [-0.3, -0.25) is 4.79 Å². The molecule has 29 heavy (non-hydrogen) atoms. The highest BCUT2D eigenvalue weighted by Crippen LogP contribution is 2.32. The van der Waals surface area contributed by atoms with Crippen LogP contribution < -0.4 is 19.1 Å². The van der Waals surface area contributed by atoms with Crippen molar-refractivity contribution >= 4 is 5.91 Å². The van der Waals surface area contributed by atoms with Crippen LogP contribution >= 0.6 is 0 Å². The van der Waals surface area contributed by atoms with Gasteiger partial charge in [0, 0.05) is 5.56 Å². The van der Waals surface area contributed by atoms with E-state index in [1.807, 2.05) is 43.9 Å². The number of hydrogen-bond donors (Lipinski definition) is 1. The van der Waals surface area contributed by atoms with E-state index >= 15 is 0 Å². The molecule has 2 aliphatic rings. The van der Waals surface area contributed by atoms with E-state index in [-0.39, 0.29) is 5.91 Å². The van der Waals surface area contributed by atoms with Gasteiger partial charge in [0.1, 0.15) is 12.3 Å². The van der Waals surface area contributed by atoms with Gasteiger partial charge in [-0.2, -0.15) is 0 Å². The molecule has 0 unspecified atom stereocenters. The minimum absolute atomic E-state index is 0.0614. The number of piperazine rings is 1. The van der Waals surface area contributed by atoms with Gasteiger partial charge in [-0.1, -0.05) is 6.07 Å². The molecule has 154 valence electrons. The molecule has 6 heteroatoms. The molecular formula is C23H29N2O4+. The van der Waals surface area contributed by atoms with E-state index in [4.69, 9.17) is 14.2 Å². The van der Waals surface area contributed by atoms with Gasteiger partial charge in [-0.25, -0.2) is 0 Å². The summed E-state index contributed by atoms with van der Waals surface area (Å²) in [6.07, 6.45) is -0.480. The van der Waals surface area contributed by atoms with Gasteiger partial charge in [0.2, 0.25) is 6.79 Å². The zero-order valence-corrected chi connectivity index (χ0v) is 17.4. The zero-order valence-electron chi connectivity index (χ0n) is 17.4. The molecule has 1 saturated heterocycles. The third-order valence-corrected chi connectivity index (χ3v) is 5.53. The molecule has 1 fully saturated rings. The molecule has 0 aliphatic carbocycles. The third-order valence-electron chi connectivity index (χ3n) is 5.53. The fourth-order valence-electron chi connectivity index (χ4n) is 4.07. The predicted octanol–water partition coefficient (Wildman–Crippen LogP) is 1.73. The molecule has 2 heterocycles. The Hall–Kier alpha value is -2.73. The maximum atomic E-state index is 12.8. The quantitative estimate of drug-likeness (QED) is 0.835. The lowest BCUT2D eigenvalue weighted by Crippen LogP contribution is -3.13. The Labute approximate surface area is 172 Å². The van der Waals surface area contributed by atoms with Crippen LogP contribution in [0.15, 0.2) is 36.4 Å². The number of quaternary nitrogens is 1. The number of nitrogens with one attached hydrogen (secondary N) is 1. The molecule has 1 amide bonds. The Morgan fingerprint density at radius 1 is 1.07 bits per heavy atom. The third kappa shape index (κ3) is 4.65. The van der Waals surface area contributed by atoms with Crippen molar-refractivity contribution in [2.75, 3.05) is 33.0 Å². The Morgan fingerprint density at radius 3 is 2.48 bits per heavy atom. The summed E-state index contributed by atoms with van der Waals surface area (Å²) in [6.45, 7) is 10.5. The summed E-state index contributed by atoms with van der Waals surface area (Å²) in [5.41, 5.74) is 3.51. The molecule has 1 atom stereocenters. The monoisotopic (exact) mass is 397 g/mol. The largest absolute Gasteiger partial charge is 0.481 e. The van der Waals surface area contributed by atoms with E-state index in [2.05, 4.69) is 18.2 Å². The molecule has 0 radical (unpaired) electrons. The van der Waals surface area contributed by atoms with Crippen LogP contribution in [-0.4, -0.2) is 49.9 Å². The average Bonchev–Trinajstić information content (AvgIpc) is 3.15. The van der Waals surface area contributed by atoms with Crippen molar-refractivity contribution in [2.24, 2.45) is 0 Å². The van der Waals surface area contributed by atoms with Crippen LogP contribution in [0.25, 0.3) is 0 Å². The standard InChI is InChI=1S/C23H28N2O4/c1-16-10-17(2)12-20(11-16)29-18(3)23(26)25-8-6-24(7-9-25)14-19-4-5-21-22(13-19)28-15-27-21/h4-5,10-13,18H,6-9,14-15H2,1-3H3/p+1/t18-/m0/s1. The van der Waals surface area contributed by atoms with Gasteiger partial charge >= 0.3 is 0 Å². The first kappa shape index (κ1) is 19.6. The number of hydrogen-bond acceptors (Lipinski definition) is 4. The predicted molar refractivity (Wildman–Crippen MR) is 110 cm³/mol. The van der Waals surface area contributed by atoms with E-state index < -0.39 is 6.10 Å². The first-order chi connectivity index (χ1) is 14.0. The van der Waals surface area contributed by atoms with Crippen LogP contribution in [0.4, 0.5) is 0 Å². The molecule has 0 spiro atoms. The van der Waals surface area contributed by atoms with Crippen molar-refractivity contribution in [1.82, 2.24) is 4.90 Å². The molecule has 2 aliphatic heterocycles. The van der Waals surface area contributed by atoms with Gasteiger partial charge in [-0.15, -0.1) is 0 Å². The van der Waals surface area contributed by atoms with Crippen molar-refractivity contribution < 1.29 is 23.9 Å². The number of carbonyl (C=O) groups excluding carboxylic acids is 1. The van der Waals surface area contributed by atoms with Gasteiger partial charge < -0.3 is 24.0 Å². The topological polar surface area (TPSA) is 52.4 Å². The Balaban J connectivity index is 1.29. The van der Waals surface area contributed by atoms with Crippen LogP contribution in [0.1, 0.15) is 23.6 Å². The summed E-state index contributed by atoms with van der Waals surface area (Å²) in [5.74, 6) is 2.46. The van der Waals surface area contributed by atoms with Gasteiger partial charge in [0.25, 0.3) is 5.91 Å². The van der Waals surface area contributed by atoms with Crippen LogP contribution in [0.5, 0.6) is 17.2 Å². The molecule has 4 rings (SSSR count). The van der Waals surface area contributed by atoms with Crippen LogP contribution in [0, 0.1) is 13.8 Å². The Kier molecular flexibility index (Phi) is 5.62. The number of nitrogens with zero attached hydrogens (tertiary/aromatic N) is 1. The van der Waals surface area contributed by atoms with Gasteiger partial charge in [0.15, 0.2) is 17.6 Å². The van der Waals surface area contributed by atoms with Crippen LogP contribution in [0.2, 0.25) is 0 Å². The van der Waals surface area contributed by atoms with Crippen molar-refractivity contribution in [2.45, 2.75) is 33.4 Å². The molecule has 2 aromatic rings. The summed E-state index contributed by atoms with van der Waals surface area (Å²) >= 11 is 0. The number of rotatable bonds is 5. The van der Waals surface area contributed by atoms with E-state index in [0.717, 1.165) is 61.1 Å². The fourth-order valence-corrected chi connectivity index (χ4v) is 4.07. The molecule has 2 aromatic carbocycles. The Morgan fingerprint density at radius 2 is 1.76 bits per heavy atom. The lowest BCUT2D eigenvalue weighted by atomic mass is 10.1. The van der Waals surface area contributed by atoms with Crippen molar-refractivity contribution in [3.63, 3.8) is 0 Å². The summed E-state index contributed by atoms with van der Waals surface area (Å²) < 4.78 is 16.8. The molecule has 0 saturated carbocycles. The summed E-state index contributed by atoms with van der Waals surface area (Å²) in [7, 11) is 0. The summed E-state index contributed by atoms with van der Waals surface area (Å²) in [5, 5.41) is 0. The van der Waals surface area contributed by atoms with E-state index in [1.165, 1.54) is 10.5 Å². The lowest BCUT2D eigenvalue weighted by Gasteiger charge is -2.33. The molecular weight excluding hydrogens is 368 g/mol. The van der Waals surface area contributed by atoms with Crippen LogP contribution in [0.3, 0.4) is 0 Å². The zero-order chi connectivity index (χ0) is 20.4. The maximum absolute atomic E-state index is 12.8. The normalized spacial score (nSPS) is 17.3. The first-order valence-corrected chi connectivity index (χ1v) is 10.2. The number of carbonyl (C=O) groups is 1. The minimum Gasteiger partial charge on any atom is -0.481 e. The number of aryl methyl sites for hydroxylation is 2. The van der Waals surface area contributed by atoms with Crippen molar-refractivity contribution in [1.29, 1.82) is 0 Å². The second-order valence-corrected chi connectivity index (χ2v) is 8.02. The molecule has 0 bridgehead atoms.